The summed E-state index contributed by atoms with van der Waals surface area (Å²) in [6, 6.07) is 14.2. The fourth-order valence-corrected chi connectivity index (χ4v) is 2.96. The van der Waals surface area contributed by atoms with Gasteiger partial charge in [-0.2, -0.15) is 5.10 Å². The van der Waals surface area contributed by atoms with E-state index in [2.05, 4.69) is 10.4 Å². The molecule has 0 bridgehead atoms. The van der Waals surface area contributed by atoms with Crippen LogP contribution < -0.4 is 15.5 Å². The summed E-state index contributed by atoms with van der Waals surface area (Å²) in [5.41, 5.74) is 1.69. The van der Waals surface area contributed by atoms with E-state index in [0.29, 0.717) is 39.1 Å². The van der Waals surface area contributed by atoms with Crippen molar-refractivity contribution >= 4 is 23.3 Å². The lowest BCUT2D eigenvalue weighted by Crippen LogP contribution is -2.26. The van der Waals surface area contributed by atoms with E-state index in [4.69, 9.17) is 16.3 Å². The molecule has 3 aromatic rings. The van der Waals surface area contributed by atoms with Gasteiger partial charge < -0.3 is 10.1 Å². The Labute approximate surface area is 174 Å². The summed E-state index contributed by atoms with van der Waals surface area (Å²) in [4.78, 5) is 25.6. The number of carbonyl (C=O) groups excluding carboxylic acids is 1. The van der Waals surface area contributed by atoms with E-state index in [0.717, 1.165) is 0 Å². The molecule has 3 rings (SSSR count). The second-order valence-corrected chi connectivity index (χ2v) is 7.34. The molecule has 6 nitrogen and oxygen atoms in total. The number of ether oxygens (including phenoxy) is 1. The number of anilines is 1. The highest BCUT2D eigenvalue weighted by atomic mass is 35.5. The van der Waals surface area contributed by atoms with Crippen molar-refractivity contribution in [2.45, 2.75) is 20.8 Å². The number of aryl methyl sites for hydroxylation is 1. The van der Waals surface area contributed by atoms with Crippen LogP contribution in [0.4, 0.5) is 5.82 Å². The van der Waals surface area contributed by atoms with Crippen LogP contribution in [0.25, 0.3) is 16.8 Å². The average Bonchev–Trinajstić information content (AvgIpc) is 2.71. The first kappa shape index (κ1) is 20.6. The first-order chi connectivity index (χ1) is 13.8. The number of benzene rings is 2. The third-order valence-electron chi connectivity index (χ3n) is 4.45. The number of carbonyl (C=O) groups is 1. The second-order valence-electron chi connectivity index (χ2n) is 6.90. The lowest BCUT2D eigenvalue weighted by atomic mass is 10.0. The summed E-state index contributed by atoms with van der Waals surface area (Å²) in [6.07, 6.45) is 0. The van der Waals surface area contributed by atoms with Gasteiger partial charge in [0.1, 0.15) is 17.3 Å². The number of rotatable bonds is 5. The van der Waals surface area contributed by atoms with Crippen molar-refractivity contribution in [3.8, 4) is 22.6 Å². The van der Waals surface area contributed by atoms with Crippen LogP contribution in [0.1, 0.15) is 19.5 Å². The molecule has 0 unspecified atom stereocenters. The molecule has 0 fully saturated rings. The normalized spacial score (nSPS) is 10.8. The van der Waals surface area contributed by atoms with Crippen molar-refractivity contribution < 1.29 is 9.53 Å². The van der Waals surface area contributed by atoms with E-state index >= 15 is 0 Å². The molecule has 0 atom stereocenters. The summed E-state index contributed by atoms with van der Waals surface area (Å²) in [5.74, 6) is 0.413. The van der Waals surface area contributed by atoms with Crippen LogP contribution in [-0.4, -0.2) is 22.8 Å². The lowest BCUT2D eigenvalue weighted by Gasteiger charge is -2.19. The van der Waals surface area contributed by atoms with E-state index < -0.39 is 0 Å². The first-order valence-corrected chi connectivity index (χ1v) is 9.54. The van der Waals surface area contributed by atoms with Gasteiger partial charge in [0.15, 0.2) is 0 Å². The third kappa shape index (κ3) is 4.32. The minimum Gasteiger partial charge on any atom is -0.497 e. The molecule has 0 aliphatic rings. The van der Waals surface area contributed by atoms with Crippen LogP contribution in [0, 0.1) is 12.8 Å². The molecule has 150 valence electrons. The van der Waals surface area contributed by atoms with E-state index in [1.54, 1.807) is 81.1 Å². The van der Waals surface area contributed by atoms with Gasteiger partial charge >= 0.3 is 0 Å². The van der Waals surface area contributed by atoms with E-state index in [-0.39, 0.29) is 17.3 Å². The molecule has 1 amide bonds. The van der Waals surface area contributed by atoms with Crippen LogP contribution in [0.3, 0.4) is 0 Å². The van der Waals surface area contributed by atoms with Gasteiger partial charge in [-0.1, -0.05) is 37.6 Å². The molecule has 2 aromatic carbocycles. The largest absolute Gasteiger partial charge is 0.497 e. The maximum atomic E-state index is 13.1. The molecule has 1 aromatic heterocycles. The number of methoxy groups -OCH3 is 1. The number of halogens is 1. The van der Waals surface area contributed by atoms with Gasteiger partial charge in [0, 0.05) is 10.9 Å². The number of amides is 1. The minimum absolute atomic E-state index is 0.220. The smallest absolute Gasteiger partial charge is 0.228 e. The zero-order valence-electron chi connectivity index (χ0n) is 16.7. The predicted molar refractivity (Wildman–Crippen MR) is 115 cm³/mol. The van der Waals surface area contributed by atoms with Crippen molar-refractivity contribution in [2.24, 2.45) is 5.92 Å². The summed E-state index contributed by atoms with van der Waals surface area (Å²) in [6.45, 7) is 5.21. The predicted octanol–water partition coefficient (Wildman–Crippen LogP) is 4.46. The van der Waals surface area contributed by atoms with Crippen LogP contribution in [0.5, 0.6) is 5.75 Å². The van der Waals surface area contributed by atoms with E-state index in [9.17, 15) is 9.59 Å². The number of hydrogen-bond donors (Lipinski definition) is 1. The SMILES string of the molecule is COc1cccc(-c2c(NC(=O)C(C)C)n(-c3ccc(Cl)cc3)nc(C)c2=O)c1. The summed E-state index contributed by atoms with van der Waals surface area (Å²) in [5, 5.41) is 7.89. The Hall–Kier alpha value is -3.12. The summed E-state index contributed by atoms with van der Waals surface area (Å²) < 4.78 is 6.86. The summed E-state index contributed by atoms with van der Waals surface area (Å²) >= 11 is 6.02. The van der Waals surface area contributed by atoms with Gasteiger partial charge in [-0.3, -0.25) is 9.59 Å². The lowest BCUT2D eigenvalue weighted by molar-refractivity contribution is -0.118. The van der Waals surface area contributed by atoms with Crippen molar-refractivity contribution in [1.29, 1.82) is 0 Å². The molecule has 0 saturated carbocycles. The highest BCUT2D eigenvalue weighted by molar-refractivity contribution is 6.30. The Kier molecular flexibility index (Phi) is 6.03. The van der Waals surface area contributed by atoms with Crippen molar-refractivity contribution in [3.05, 3.63) is 69.5 Å². The van der Waals surface area contributed by atoms with Crippen molar-refractivity contribution in [1.82, 2.24) is 9.78 Å². The molecule has 0 saturated heterocycles. The molecular formula is C22H22ClN3O3. The van der Waals surface area contributed by atoms with Crippen molar-refractivity contribution in [2.75, 3.05) is 12.4 Å². The number of nitrogens with zero attached hydrogens (tertiary/aromatic N) is 2. The summed E-state index contributed by atoms with van der Waals surface area (Å²) in [7, 11) is 1.56. The molecule has 29 heavy (non-hydrogen) atoms. The van der Waals surface area contributed by atoms with Crippen LogP contribution in [0.2, 0.25) is 5.02 Å². The second kappa shape index (κ2) is 8.49. The fourth-order valence-electron chi connectivity index (χ4n) is 2.83. The molecule has 0 aliphatic carbocycles. The molecular weight excluding hydrogens is 390 g/mol. The third-order valence-corrected chi connectivity index (χ3v) is 4.70. The number of nitrogens with one attached hydrogen (secondary N) is 1. The monoisotopic (exact) mass is 411 g/mol. The van der Waals surface area contributed by atoms with Gasteiger partial charge in [-0.25, -0.2) is 4.68 Å². The Balaban J connectivity index is 2.34. The first-order valence-electron chi connectivity index (χ1n) is 9.17. The highest BCUT2D eigenvalue weighted by Gasteiger charge is 2.21. The number of aromatic nitrogens is 2. The highest BCUT2D eigenvalue weighted by Crippen LogP contribution is 2.30. The molecule has 0 radical (unpaired) electrons. The Morgan fingerprint density at radius 2 is 1.86 bits per heavy atom. The number of hydrogen-bond acceptors (Lipinski definition) is 4. The average molecular weight is 412 g/mol. The topological polar surface area (TPSA) is 73.2 Å². The van der Waals surface area contributed by atoms with E-state index in [1.807, 2.05) is 0 Å². The Bertz CT molecular complexity index is 1110. The molecule has 0 spiro atoms. The molecule has 7 heteroatoms. The van der Waals surface area contributed by atoms with Gasteiger partial charge in [0.25, 0.3) is 0 Å². The minimum atomic E-state index is -0.275. The van der Waals surface area contributed by atoms with Crippen molar-refractivity contribution in [3.63, 3.8) is 0 Å². The van der Waals surface area contributed by atoms with Gasteiger partial charge in [0.2, 0.25) is 11.3 Å². The van der Waals surface area contributed by atoms with Crippen LogP contribution >= 0.6 is 11.6 Å². The maximum Gasteiger partial charge on any atom is 0.228 e. The molecule has 1 heterocycles. The fraction of sp³-hybridized carbons (Fsp3) is 0.227. The molecule has 1 N–H and O–H groups in total. The van der Waals surface area contributed by atoms with Gasteiger partial charge in [-0.15, -0.1) is 0 Å². The zero-order chi connectivity index (χ0) is 21.1. The van der Waals surface area contributed by atoms with E-state index in [1.165, 1.54) is 0 Å². The maximum absolute atomic E-state index is 13.1. The quantitative estimate of drug-likeness (QED) is 0.672. The van der Waals surface area contributed by atoms with Gasteiger partial charge in [-0.05, 0) is 48.9 Å². The zero-order valence-corrected chi connectivity index (χ0v) is 17.4. The van der Waals surface area contributed by atoms with Gasteiger partial charge in [0.05, 0.1) is 18.4 Å². The van der Waals surface area contributed by atoms with Crippen LogP contribution in [0.15, 0.2) is 53.3 Å². The van der Waals surface area contributed by atoms with Crippen LogP contribution in [-0.2, 0) is 4.79 Å². The Morgan fingerprint density at radius 3 is 2.48 bits per heavy atom. The standard InChI is InChI=1S/C22H22ClN3O3/c1-13(2)22(28)24-21-19(15-6-5-7-18(12-15)29-4)20(27)14(3)25-26(21)17-10-8-16(23)9-11-17/h5-13H,1-4H3,(H,24,28). The molecule has 0 aliphatic heterocycles. The Morgan fingerprint density at radius 1 is 1.17 bits per heavy atom.